The molecule has 170 valence electrons. The van der Waals surface area contributed by atoms with Crippen molar-refractivity contribution >= 4 is 22.4 Å². The average molecular weight is 465 g/mol. The number of anilines is 1. The van der Waals surface area contributed by atoms with Crippen molar-refractivity contribution in [3.63, 3.8) is 0 Å². The highest BCUT2D eigenvalue weighted by molar-refractivity contribution is 6.05. The maximum Gasteiger partial charge on any atom is 0.434 e. The summed E-state index contributed by atoms with van der Waals surface area (Å²) in [6.45, 7) is 0. The van der Waals surface area contributed by atoms with Gasteiger partial charge in [-0.15, -0.1) is 0 Å². The Morgan fingerprint density at radius 1 is 1.09 bits per heavy atom. The van der Waals surface area contributed by atoms with E-state index >= 15 is 0 Å². The van der Waals surface area contributed by atoms with Crippen LogP contribution in [0.5, 0.6) is 0 Å². The molecule has 0 aliphatic carbocycles. The quantitative estimate of drug-likeness (QED) is 0.400. The minimum atomic E-state index is -5.05. The molecular formula is C20H12F5N5O3. The molecule has 33 heavy (non-hydrogen) atoms. The summed E-state index contributed by atoms with van der Waals surface area (Å²) in [4.78, 5) is 30.3. The zero-order chi connectivity index (χ0) is 24.0. The summed E-state index contributed by atoms with van der Waals surface area (Å²) in [5, 5.41) is 14.8. The molecule has 0 unspecified atom stereocenters. The molecule has 0 fully saturated rings. The Hall–Kier alpha value is -4.13. The second-order valence-corrected chi connectivity index (χ2v) is 6.79. The smallest absolute Gasteiger partial charge is 0.331 e. The van der Waals surface area contributed by atoms with Crippen LogP contribution in [0.4, 0.5) is 27.6 Å². The molecule has 4 aromatic rings. The van der Waals surface area contributed by atoms with Gasteiger partial charge in [0.15, 0.2) is 5.69 Å². The lowest BCUT2D eigenvalue weighted by Gasteiger charge is -2.14. The highest BCUT2D eigenvalue weighted by Crippen LogP contribution is 2.35. The van der Waals surface area contributed by atoms with Crippen LogP contribution in [0.15, 0.2) is 59.8 Å². The van der Waals surface area contributed by atoms with Crippen LogP contribution in [0, 0.1) is 0 Å². The number of nitrogens with zero attached hydrogens (tertiary/aromatic N) is 3. The van der Waals surface area contributed by atoms with Gasteiger partial charge in [-0.1, -0.05) is 6.07 Å². The van der Waals surface area contributed by atoms with Gasteiger partial charge in [-0.05, 0) is 30.3 Å². The van der Waals surface area contributed by atoms with Crippen molar-refractivity contribution in [2.24, 2.45) is 0 Å². The lowest BCUT2D eigenvalue weighted by molar-refractivity contribution is -0.211. The maximum absolute atomic E-state index is 14.0. The van der Waals surface area contributed by atoms with Gasteiger partial charge < -0.3 is 15.4 Å². The molecule has 4 rings (SSSR count). The number of aromatic nitrogens is 4. The van der Waals surface area contributed by atoms with Crippen molar-refractivity contribution in [2.75, 3.05) is 5.32 Å². The van der Waals surface area contributed by atoms with Gasteiger partial charge in [-0.2, -0.15) is 27.1 Å². The van der Waals surface area contributed by atoms with Gasteiger partial charge in [0.1, 0.15) is 5.69 Å². The third-order valence-electron chi connectivity index (χ3n) is 4.63. The molecule has 0 bridgehead atoms. The molecule has 0 saturated carbocycles. The molecule has 0 aliphatic rings. The van der Waals surface area contributed by atoms with Crippen molar-refractivity contribution in [2.45, 2.75) is 12.3 Å². The van der Waals surface area contributed by atoms with Gasteiger partial charge in [0.25, 0.3) is 11.5 Å². The number of hydrogen-bond acceptors (Lipinski definition) is 5. The van der Waals surface area contributed by atoms with Crippen LogP contribution in [-0.4, -0.2) is 30.8 Å². The Labute approximate surface area is 180 Å². The minimum absolute atomic E-state index is 0.101. The fourth-order valence-corrected chi connectivity index (χ4v) is 3.23. The van der Waals surface area contributed by atoms with Crippen molar-refractivity contribution in [3.8, 4) is 5.69 Å². The molecule has 3 N–H and O–H groups in total. The monoisotopic (exact) mass is 465 g/mol. The SMILES string of the molecule is O=C(Nc1ccnc(C(O)(F)F)c1)c1cnn(-c2cccc3c(=O)[nH]ccc23)c1C(F)(F)F. The van der Waals surface area contributed by atoms with Crippen LogP contribution in [0.25, 0.3) is 16.5 Å². The second kappa shape index (κ2) is 7.78. The van der Waals surface area contributed by atoms with E-state index in [1.54, 1.807) is 0 Å². The molecule has 1 amide bonds. The van der Waals surface area contributed by atoms with Gasteiger partial charge in [0.05, 0.1) is 17.4 Å². The fourth-order valence-electron chi connectivity index (χ4n) is 3.23. The number of aliphatic hydroxyl groups is 1. The summed E-state index contributed by atoms with van der Waals surface area (Å²) in [6, 6.07) is 7.14. The molecule has 1 aromatic carbocycles. The molecule has 0 aliphatic heterocycles. The highest BCUT2D eigenvalue weighted by Gasteiger charge is 2.41. The lowest BCUT2D eigenvalue weighted by Crippen LogP contribution is -2.21. The van der Waals surface area contributed by atoms with E-state index < -0.39 is 40.7 Å². The van der Waals surface area contributed by atoms with Gasteiger partial charge in [0.2, 0.25) is 0 Å². The number of pyridine rings is 2. The zero-order valence-corrected chi connectivity index (χ0v) is 16.2. The summed E-state index contributed by atoms with van der Waals surface area (Å²) in [7, 11) is 0. The Bertz CT molecular complexity index is 1420. The molecule has 0 saturated heterocycles. The van der Waals surface area contributed by atoms with E-state index in [1.165, 1.54) is 30.5 Å². The summed E-state index contributed by atoms with van der Waals surface area (Å²) < 4.78 is 68.5. The molecule has 0 radical (unpaired) electrons. The minimum Gasteiger partial charge on any atom is -0.331 e. The highest BCUT2D eigenvalue weighted by atomic mass is 19.4. The molecular weight excluding hydrogens is 453 g/mol. The number of amides is 1. The maximum atomic E-state index is 14.0. The Morgan fingerprint density at radius 2 is 1.85 bits per heavy atom. The van der Waals surface area contributed by atoms with E-state index in [0.717, 1.165) is 12.3 Å². The average Bonchev–Trinajstić information content (AvgIpc) is 3.19. The number of rotatable bonds is 4. The standard InChI is InChI=1S/C20H12F5N5O3/c21-19(22,23)16-13(18(32)29-10-4-6-26-15(8-10)20(24,25)33)9-28-30(16)14-3-1-2-12-11(14)5-7-27-17(12)31/h1-9,33H,(H,27,31)(H,26,29,32). The number of benzene rings is 1. The van der Waals surface area contributed by atoms with E-state index in [1.807, 2.05) is 0 Å². The molecule has 0 spiro atoms. The predicted octanol–water partition coefficient (Wildman–Crippen LogP) is 3.42. The van der Waals surface area contributed by atoms with E-state index in [4.69, 9.17) is 5.11 Å². The molecule has 13 heteroatoms. The lowest BCUT2D eigenvalue weighted by atomic mass is 10.1. The van der Waals surface area contributed by atoms with Gasteiger partial charge in [0, 0.05) is 28.9 Å². The van der Waals surface area contributed by atoms with E-state index in [-0.39, 0.29) is 22.1 Å². The molecule has 0 atom stereocenters. The summed E-state index contributed by atoms with van der Waals surface area (Å²) in [5.41, 5.74) is -4.38. The molecule has 8 nitrogen and oxygen atoms in total. The molecule has 3 heterocycles. The van der Waals surface area contributed by atoms with Crippen LogP contribution in [0.3, 0.4) is 0 Å². The van der Waals surface area contributed by atoms with Crippen molar-refractivity contribution in [1.82, 2.24) is 19.7 Å². The fraction of sp³-hybridized carbons (Fsp3) is 0.100. The number of H-pyrrole nitrogens is 1. The number of hydrogen-bond donors (Lipinski definition) is 3. The normalized spacial score (nSPS) is 12.2. The third-order valence-corrected chi connectivity index (χ3v) is 4.63. The first-order chi connectivity index (χ1) is 15.5. The van der Waals surface area contributed by atoms with Crippen LogP contribution >= 0.6 is 0 Å². The largest absolute Gasteiger partial charge is 0.434 e. The Kier molecular flexibility index (Phi) is 5.20. The number of alkyl halides is 5. The van der Waals surface area contributed by atoms with E-state index in [9.17, 15) is 31.5 Å². The van der Waals surface area contributed by atoms with Crippen molar-refractivity contribution < 1.29 is 31.9 Å². The first-order valence-corrected chi connectivity index (χ1v) is 9.11. The number of aromatic amines is 1. The summed E-state index contributed by atoms with van der Waals surface area (Å²) >= 11 is 0. The van der Waals surface area contributed by atoms with Crippen LogP contribution in [0.2, 0.25) is 0 Å². The number of halogens is 5. The number of nitrogens with one attached hydrogen (secondary N) is 2. The summed E-state index contributed by atoms with van der Waals surface area (Å²) in [5.74, 6) is -1.29. The Balaban J connectivity index is 1.81. The van der Waals surface area contributed by atoms with Crippen LogP contribution in [0.1, 0.15) is 21.7 Å². The van der Waals surface area contributed by atoms with Gasteiger partial charge in [-0.25, -0.2) is 4.68 Å². The molecule has 3 aromatic heterocycles. The van der Waals surface area contributed by atoms with Crippen molar-refractivity contribution in [1.29, 1.82) is 0 Å². The zero-order valence-electron chi connectivity index (χ0n) is 16.2. The van der Waals surface area contributed by atoms with E-state index in [2.05, 4.69) is 20.4 Å². The van der Waals surface area contributed by atoms with Crippen LogP contribution in [-0.2, 0) is 12.3 Å². The predicted molar refractivity (Wildman–Crippen MR) is 105 cm³/mol. The first-order valence-electron chi connectivity index (χ1n) is 9.11. The Morgan fingerprint density at radius 3 is 2.55 bits per heavy atom. The number of carbonyl (C=O) groups excluding carboxylic acids is 1. The van der Waals surface area contributed by atoms with Gasteiger partial charge in [-0.3, -0.25) is 14.6 Å². The van der Waals surface area contributed by atoms with Crippen LogP contribution < -0.4 is 10.9 Å². The van der Waals surface area contributed by atoms with E-state index in [0.29, 0.717) is 16.9 Å². The number of fused-ring (bicyclic) bond motifs is 1. The topological polar surface area (TPSA) is 113 Å². The third kappa shape index (κ3) is 4.17. The summed E-state index contributed by atoms with van der Waals surface area (Å²) in [6.07, 6.45) is -6.58. The number of carbonyl (C=O) groups is 1. The second-order valence-electron chi connectivity index (χ2n) is 6.79. The van der Waals surface area contributed by atoms with Gasteiger partial charge >= 0.3 is 12.3 Å². The first kappa shape index (κ1) is 22.1. The van der Waals surface area contributed by atoms with Crippen molar-refractivity contribution in [3.05, 3.63) is 82.3 Å².